The minimum atomic E-state index is -4.64. The first-order valence-electron chi connectivity index (χ1n) is 9.62. The zero-order valence-electron chi connectivity index (χ0n) is 17.7. The number of fused-ring (bicyclic) bond motifs is 2. The Hall–Kier alpha value is -1.91. The minimum absolute atomic E-state index is 0.952. The molecule has 0 fully saturated rings. The van der Waals surface area contributed by atoms with Gasteiger partial charge in [0, 0.05) is 30.4 Å². The van der Waals surface area contributed by atoms with Crippen molar-refractivity contribution in [2.45, 2.75) is 13.8 Å². The van der Waals surface area contributed by atoms with Gasteiger partial charge in [-0.05, 0) is 42.1 Å². The van der Waals surface area contributed by atoms with Crippen LogP contribution >= 0.6 is 15.6 Å². The third-order valence-corrected chi connectivity index (χ3v) is 4.25. The van der Waals surface area contributed by atoms with E-state index in [0.717, 1.165) is 31.7 Å². The molecule has 0 amide bonds. The zero-order valence-corrected chi connectivity index (χ0v) is 19.5. The molecule has 2 aromatic carbocycles. The summed E-state index contributed by atoms with van der Waals surface area (Å²) in [7, 11) is -9.28. The van der Waals surface area contributed by atoms with Crippen LogP contribution in [-0.2, 0) is 9.13 Å². The van der Waals surface area contributed by atoms with E-state index < -0.39 is 15.6 Å². The molecule has 32 heavy (non-hydrogen) atoms. The summed E-state index contributed by atoms with van der Waals surface area (Å²) in [6.45, 7) is 8.62. The summed E-state index contributed by atoms with van der Waals surface area (Å²) in [5.41, 5.74) is 2.22. The smallest absolute Gasteiger partial charge is 0.383 e. The maximum absolute atomic E-state index is 8.88. The predicted octanol–water partition coefficient (Wildman–Crippen LogP) is 2.28. The Kier molecular flexibility index (Phi) is 11.4. The van der Waals surface area contributed by atoms with Crippen molar-refractivity contribution in [3.8, 4) is 0 Å². The number of phosphoric acid groups is 2. The standard InChI is InChI=1S/C19H23N3.2H3O4P/c1-3-22(4-2)12-11-21-18-9-10-20-19-14-16-8-6-5-7-15(16)13-17(18)19;2*1-5(2,3)4/h5-10,13-14H,3-4,11-12H2,1-2H3,(H,20,21);2*(H3,1,2,3,4). The highest BCUT2D eigenvalue weighted by Gasteiger charge is 2.05. The van der Waals surface area contributed by atoms with Crippen LogP contribution in [0.5, 0.6) is 0 Å². The second-order valence-electron chi connectivity index (χ2n) is 6.56. The number of hydrogen-bond donors (Lipinski definition) is 7. The van der Waals surface area contributed by atoms with E-state index in [1.165, 1.54) is 21.8 Å². The molecule has 13 heteroatoms. The molecule has 1 heterocycles. The van der Waals surface area contributed by atoms with Crippen LogP contribution in [0.25, 0.3) is 21.7 Å². The van der Waals surface area contributed by atoms with Crippen LogP contribution in [0.4, 0.5) is 5.69 Å². The van der Waals surface area contributed by atoms with E-state index >= 15 is 0 Å². The van der Waals surface area contributed by atoms with Crippen molar-refractivity contribution in [3.05, 3.63) is 48.7 Å². The molecule has 1 aromatic heterocycles. The van der Waals surface area contributed by atoms with Crippen molar-refractivity contribution in [1.29, 1.82) is 0 Å². The maximum atomic E-state index is 8.88. The number of likely N-dealkylation sites (N-methyl/N-ethyl adjacent to an activating group) is 1. The Morgan fingerprint density at radius 1 is 0.875 bits per heavy atom. The molecule has 3 rings (SSSR count). The van der Waals surface area contributed by atoms with E-state index in [9.17, 15) is 0 Å². The second-order valence-corrected chi connectivity index (χ2v) is 8.61. The van der Waals surface area contributed by atoms with E-state index in [0.29, 0.717) is 0 Å². The van der Waals surface area contributed by atoms with Crippen LogP contribution in [0.1, 0.15) is 13.8 Å². The molecule has 0 bridgehead atoms. The highest BCUT2D eigenvalue weighted by Crippen LogP contribution is 2.27. The molecule has 7 N–H and O–H groups in total. The molecule has 0 radical (unpaired) electrons. The molecule has 0 aliphatic rings. The third-order valence-electron chi connectivity index (χ3n) is 4.25. The van der Waals surface area contributed by atoms with Crippen LogP contribution < -0.4 is 5.32 Å². The van der Waals surface area contributed by atoms with Crippen molar-refractivity contribution >= 4 is 43.0 Å². The highest BCUT2D eigenvalue weighted by atomic mass is 31.2. The molecule has 0 spiro atoms. The van der Waals surface area contributed by atoms with Crippen LogP contribution in [0.3, 0.4) is 0 Å². The molecule has 0 saturated heterocycles. The summed E-state index contributed by atoms with van der Waals surface area (Å²) in [6, 6.07) is 14.9. The van der Waals surface area contributed by atoms with Crippen molar-refractivity contribution in [3.63, 3.8) is 0 Å². The van der Waals surface area contributed by atoms with Gasteiger partial charge < -0.3 is 39.6 Å². The van der Waals surface area contributed by atoms with Crippen molar-refractivity contribution < 1.29 is 38.5 Å². The topological polar surface area (TPSA) is 184 Å². The summed E-state index contributed by atoms with van der Waals surface area (Å²) < 4.78 is 17.8. The first-order valence-corrected chi connectivity index (χ1v) is 12.7. The SMILES string of the molecule is CCN(CC)CCNc1ccnc2cc3ccccc3cc12.O=P(O)(O)O.O=P(O)(O)O. The lowest BCUT2D eigenvalue weighted by Gasteiger charge is -2.19. The number of nitrogens with one attached hydrogen (secondary N) is 1. The van der Waals surface area contributed by atoms with E-state index in [2.05, 4.69) is 71.5 Å². The highest BCUT2D eigenvalue weighted by molar-refractivity contribution is 7.45. The predicted molar refractivity (Wildman–Crippen MR) is 124 cm³/mol. The molecule has 178 valence electrons. The number of benzene rings is 2. The Labute approximate surface area is 185 Å². The largest absolute Gasteiger partial charge is 0.466 e. The summed E-state index contributed by atoms with van der Waals surface area (Å²) in [4.78, 5) is 50.1. The number of hydrogen-bond acceptors (Lipinski definition) is 5. The summed E-state index contributed by atoms with van der Waals surface area (Å²) in [6.07, 6.45) is 1.89. The van der Waals surface area contributed by atoms with Gasteiger partial charge in [-0.1, -0.05) is 38.1 Å². The number of nitrogens with zero attached hydrogens (tertiary/aromatic N) is 2. The maximum Gasteiger partial charge on any atom is 0.466 e. The molecule has 3 aromatic rings. The second kappa shape index (κ2) is 13.0. The number of anilines is 1. The van der Waals surface area contributed by atoms with E-state index in [4.69, 9.17) is 38.5 Å². The fourth-order valence-electron chi connectivity index (χ4n) is 2.88. The normalized spacial score (nSPS) is 11.5. The molecule has 0 aliphatic carbocycles. The van der Waals surface area contributed by atoms with Gasteiger partial charge in [0.1, 0.15) is 0 Å². The Morgan fingerprint density at radius 3 is 1.88 bits per heavy atom. The first kappa shape index (κ1) is 28.1. The average molecular weight is 489 g/mol. The summed E-state index contributed by atoms with van der Waals surface area (Å²) in [5, 5.41) is 7.26. The molecular formula is C19H29N3O8P2. The molecule has 0 saturated carbocycles. The third kappa shape index (κ3) is 12.2. The Morgan fingerprint density at radius 2 is 1.38 bits per heavy atom. The Balaban J connectivity index is 0.000000431. The van der Waals surface area contributed by atoms with E-state index in [1.807, 2.05) is 6.20 Å². The summed E-state index contributed by atoms with van der Waals surface area (Å²) >= 11 is 0. The fourth-order valence-corrected chi connectivity index (χ4v) is 2.88. The van der Waals surface area contributed by atoms with Gasteiger partial charge in [0.15, 0.2) is 0 Å². The molecule has 11 nitrogen and oxygen atoms in total. The van der Waals surface area contributed by atoms with Crippen LogP contribution in [-0.4, -0.2) is 65.4 Å². The fraction of sp³-hybridized carbons (Fsp3) is 0.316. The molecule has 0 unspecified atom stereocenters. The van der Waals surface area contributed by atoms with Crippen molar-refractivity contribution in [2.24, 2.45) is 0 Å². The van der Waals surface area contributed by atoms with Gasteiger partial charge in [-0.15, -0.1) is 0 Å². The van der Waals surface area contributed by atoms with E-state index in [1.54, 1.807) is 0 Å². The monoisotopic (exact) mass is 489 g/mol. The van der Waals surface area contributed by atoms with Crippen LogP contribution in [0, 0.1) is 0 Å². The quantitative estimate of drug-likeness (QED) is 0.199. The van der Waals surface area contributed by atoms with Gasteiger partial charge in [-0.2, -0.15) is 0 Å². The molecule has 0 aliphatic heterocycles. The minimum Gasteiger partial charge on any atom is -0.383 e. The number of pyridine rings is 1. The number of rotatable bonds is 6. The zero-order chi connectivity index (χ0) is 24.4. The van der Waals surface area contributed by atoms with Gasteiger partial charge in [0.25, 0.3) is 0 Å². The van der Waals surface area contributed by atoms with Crippen molar-refractivity contribution in [1.82, 2.24) is 9.88 Å². The first-order chi connectivity index (χ1) is 14.8. The van der Waals surface area contributed by atoms with Gasteiger partial charge in [-0.25, -0.2) is 9.13 Å². The van der Waals surface area contributed by atoms with E-state index in [-0.39, 0.29) is 0 Å². The lowest BCUT2D eigenvalue weighted by molar-refractivity contribution is 0.272. The van der Waals surface area contributed by atoms with Gasteiger partial charge >= 0.3 is 15.6 Å². The lowest BCUT2D eigenvalue weighted by atomic mass is 10.1. The van der Waals surface area contributed by atoms with Gasteiger partial charge in [0.2, 0.25) is 0 Å². The van der Waals surface area contributed by atoms with Crippen molar-refractivity contribution in [2.75, 3.05) is 31.5 Å². The molecule has 0 atom stereocenters. The Bertz CT molecular complexity index is 1050. The molecular weight excluding hydrogens is 460 g/mol. The van der Waals surface area contributed by atoms with Gasteiger partial charge in [0.05, 0.1) is 5.52 Å². The average Bonchev–Trinajstić information content (AvgIpc) is 2.67. The van der Waals surface area contributed by atoms with Crippen LogP contribution in [0.15, 0.2) is 48.7 Å². The number of aromatic nitrogens is 1. The summed E-state index contributed by atoms with van der Waals surface area (Å²) in [5.74, 6) is 0. The van der Waals surface area contributed by atoms with Gasteiger partial charge in [-0.3, -0.25) is 4.98 Å². The van der Waals surface area contributed by atoms with Crippen LogP contribution in [0.2, 0.25) is 0 Å². The lowest BCUT2D eigenvalue weighted by Crippen LogP contribution is -2.28.